The number of aryl methyl sites for hydroxylation is 1. The van der Waals surface area contributed by atoms with Gasteiger partial charge in [0.15, 0.2) is 0 Å². The van der Waals surface area contributed by atoms with Gasteiger partial charge >= 0.3 is 11.9 Å². The van der Waals surface area contributed by atoms with Gasteiger partial charge in [-0.05, 0) is 37.5 Å². The Kier molecular flexibility index (Phi) is 23.1. The van der Waals surface area contributed by atoms with E-state index in [9.17, 15) is 9.59 Å². The number of carbonyl (C=O) groups is 2. The van der Waals surface area contributed by atoms with E-state index in [2.05, 4.69) is 18.8 Å². The van der Waals surface area contributed by atoms with Crippen LogP contribution in [0.3, 0.4) is 0 Å². The highest BCUT2D eigenvalue weighted by Crippen LogP contribution is 2.27. The molecule has 268 valence electrons. The third-order valence-electron chi connectivity index (χ3n) is 8.49. The summed E-state index contributed by atoms with van der Waals surface area (Å²) in [5, 5.41) is 0. The first-order valence-electron chi connectivity index (χ1n) is 19.0. The lowest BCUT2D eigenvalue weighted by atomic mass is 9.96. The molecule has 0 saturated carbocycles. The topological polar surface area (TPSA) is 77.3 Å². The van der Waals surface area contributed by atoms with Crippen molar-refractivity contribution in [3.05, 3.63) is 23.8 Å². The second-order valence-electron chi connectivity index (χ2n) is 14.9. The fourth-order valence-corrected chi connectivity index (χ4v) is 5.22. The lowest BCUT2D eigenvalue weighted by molar-refractivity contribution is -0.146. The summed E-state index contributed by atoms with van der Waals surface area (Å²) >= 11 is 0. The molecule has 6 nitrogen and oxygen atoms in total. The maximum absolute atomic E-state index is 12.3. The van der Waals surface area contributed by atoms with E-state index in [0.29, 0.717) is 26.1 Å². The molecule has 0 saturated heterocycles. The zero-order valence-corrected chi connectivity index (χ0v) is 31.5. The minimum absolute atomic E-state index is 0.126. The fraction of sp³-hybridized carbons (Fsp3) is 0.756. The second kappa shape index (κ2) is 25.5. The first kappa shape index (κ1) is 42.5. The molecular formula is C41H70N2O4. The van der Waals surface area contributed by atoms with Crippen molar-refractivity contribution in [3.63, 3.8) is 0 Å². The number of aliphatic imine (C=N–C) groups is 2. The van der Waals surface area contributed by atoms with Crippen LogP contribution in [-0.2, 0) is 19.1 Å². The number of hydrogen-bond donors (Lipinski definition) is 0. The summed E-state index contributed by atoms with van der Waals surface area (Å²) in [6, 6.07) is 5.94. The molecule has 0 amide bonds. The van der Waals surface area contributed by atoms with Crippen molar-refractivity contribution < 1.29 is 19.1 Å². The second-order valence-corrected chi connectivity index (χ2v) is 14.9. The van der Waals surface area contributed by atoms with E-state index < -0.39 is 0 Å². The number of unbranched alkanes of at least 4 members (excludes halogenated alkanes) is 16. The van der Waals surface area contributed by atoms with Crippen molar-refractivity contribution in [1.29, 1.82) is 0 Å². The number of hydrogen-bond acceptors (Lipinski definition) is 6. The third-order valence-corrected chi connectivity index (χ3v) is 8.49. The highest BCUT2D eigenvalue weighted by atomic mass is 16.5. The van der Waals surface area contributed by atoms with Gasteiger partial charge in [-0.3, -0.25) is 19.6 Å². The van der Waals surface area contributed by atoms with Gasteiger partial charge < -0.3 is 9.47 Å². The molecule has 6 heteroatoms. The van der Waals surface area contributed by atoms with Crippen molar-refractivity contribution in [3.8, 4) is 0 Å². The normalized spacial score (nSPS) is 12.3. The molecule has 0 N–H and O–H groups in total. The Morgan fingerprint density at radius 3 is 1.40 bits per heavy atom. The molecule has 0 aliphatic carbocycles. The van der Waals surface area contributed by atoms with Gasteiger partial charge in [-0.25, -0.2) is 0 Å². The minimum atomic E-state index is -0.389. The van der Waals surface area contributed by atoms with Crippen LogP contribution in [0.2, 0.25) is 0 Å². The summed E-state index contributed by atoms with van der Waals surface area (Å²) < 4.78 is 11.2. The molecule has 0 atom stereocenters. The van der Waals surface area contributed by atoms with E-state index in [1.807, 2.05) is 65.2 Å². The van der Waals surface area contributed by atoms with Crippen LogP contribution in [0.1, 0.15) is 176 Å². The molecule has 0 aromatic heterocycles. The Labute approximate surface area is 289 Å². The third kappa shape index (κ3) is 23.5. The average molecular weight is 655 g/mol. The first-order valence-corrected chi connectivity index (χ1v) is 19.0. The summed E-state index contributed by atoms with van der Waals surface area (Å²) in [7, 11) is 0. The zero-order chi connectivity index (χ0) is 34.8. The standard InChI is InChI=1S/C41H70N2O4/c1-8-10-12-14-16-18-20-22-24-26-38(44)46-33-40(4,5)31-42-36-29-28-35(3)37(30-36)43-32-41(6,7)34-47-39(45)27-25-23-21-19-17-15-13-11-9-2/h28-32H,8-27,33-34H2,1-7H3/b42-31+,43-32+. The molecule has 0 radical (unpaired) electrons. The van der Waals surface area contributed by atoms with Crippen molar-refractivity contribution in [2.75, 3.05) is 13.2 Å². The zero-order valence-electron chi connectivity index (χ0n) is 31.5. The summed E-state index contributed by atoms with van der Waals surface area (Å²) in [5.74, 6) is -0.253. The summed E-state index contributed by atoms with van der Waals surface area (Å²) in [6.07, 6.45) is 26.8. The summed E-state index contributed by atoms with van der Waals surface area (Å²) in [4.78, 5) is 34.0. The molecule has 0 heterocycles. The number of nitrogens with zero attached hydrogens (tertiary/aromatic N) is 2. The monoisotopic (exact) mass is 655 g/mol. The van der Waals surface area contributed by atoms with Crippen LogP contribution in [0.25, 0.3) is 0 Å². The smallest absolute Gasteiger partial charge is 0.305 e. The van der Waals surface area contributed by atoms with Gasteiger partial charge in [0.05, 0.1) is 11.4 Å². The molecule has 1 aromatic rings. The van der Waals surface area contributed by atoms with Gasteiger partial charge in [0.25, 0.3) is 0 Å². The molecule has 0 bridgehead atoms. The van der Waals surface area contributed by atoms with E-state index >= 15 is 0 Å². The number of ether oxygens (including phenoxy) is 2. The lowest BCUT2D eigenvalue weighted by Crippen LogP contribution is -2.23. The van der Waals surface area contributed by atoms with E-state index in [-0.39, 0.29) is 22.8 Å². The van der Waals surface area contributed by atoms with Gasteiger partial charge in [0.1, 0.15) is 13.2 Å². The van der Waals surface area contributed by atoms with Crippen molar-refractivity contribution in [2.24, 2.45) is 20.8 Å². The minimum Gasteiger partial charge on any atom is -0.465 e. The Balaban J connectivity index is 2.42. The van der Waals surface area contributed by atoms with Crippen LogP contribution >= 0.6 is 0 Å². The molecule has 0 unspecified atom stereocenters. The molecule has 0 aliphatic rings. The van der Waals surface area contributed by atoms with Crippen LogP contribution in [0, 0.1) is 17.8 Å². The van der Waals surface area contributed by atoms with Crippen molar-refractivity contribution in [1.82, 2.24) is 0 Å². The number of esters is 2. The molecule has 47 heavy (non-hydrogen) atoms. The number of carbonyl (C=O) groups excluding carboxylic acids is 2. The predicted molar refractivity (Wildman–Crippen MR) is 201 cm³/mol. The molecule has 0 spiro atoms. The van der Waals surface area contributed by atoms with Gasteiger partial charge in [-0.2, -0.15) is 0 Å². The lowest BCUT2D eigenvalue weighted by Gasteiger charge is -2.19. The quantitative estimate of drug-likeness (QED) is 0.0512. The summed E-state index contributed by atoms with van der Waals surface area (Å²) in [5.41, 5.74) is 1.90. The first-order chi connectivity index (χ1) is 22.5. The van der Waals surface area contributed by atoms with E-state index in [4.69, 9.17) is 14.5 Å². The molecule has 0 aliphatic heterocycles. The maximum Gasteiger partial charge on any atom is 0.305 e. The van der Waals surface area contributed by atoms with E-state index in [0.717, 1.165) is 42.6 Å². The Morgan fingerprint density at radius 1 is 0.596 bits per heavy atom. The average Bonchev–Trinajstić information content (AvgIpc) is 3.04. The number of benzene rings is 1. The Morgan fingerprint density at radius 2 is 0.979 bits per heavy atom. The summed E-state index contributed by atoms with van der Waals surface area (Å²) in [6.45, 7) is 15.2. The fourth-order valence-electron chi connectivity index (χ4n) is 5.22. The highest BCUT2D eigenvalue weighted by molar-refractivity contribution is 5.75. The van der Waals surface area contributed by atoms with Crippen LogP contribution < -0.4 is 0 Å². The Bertz CT molecular complexity index is 1040. The highest BCUT2D eigenvalue weighted by Gasteiger charge is 2.19. The Hall–Kier alpha value is -2.50. The SMILES string of the molecule is CCCCCCCCCCCC(=O)OCC(C)(C)/C=N/c1ccc(C)c(/N=C/C(C)(C)COC(=O)CCCCCCCCCCC)c1. The molecular weight excluding hydrogens is 584 g/mol. The van der Waals surface area contributed by atoms with Crippen LogP contribution in [0.4, 0.5) is 11.4 Å². The van der Waals surface area contributed by atoms with Gasteiger partial charge in [-0.15, -0.1) is 0 Å². The van der Waals surface area contributed by atoms with Gasteiger partial charge in [0.2, 0.25) is 0 Å². The number of rotatable bonds is 28. The molecule has 0 fully saturated rings. The van der Waals surface area contributed by atoms with E-state index in [1.54, 1.807) is 0 Å². The van der Waals surface area contributed by atoms with Crippen LogP contribution in [-0.4, -0.2) is 37.6 Å². The molecule has 1 aromatic carbocycles. The van der Waals surface area contributed by atoms with Crippen LogP contribution in [0.5, 0.6) is 0 Å². The maximum atomic E-state index is 12.3. The van der Waals surface area contributed by atoms with Crippen molar-refractivity contribution in [2.45, 2.75) is 177 Å². The van der Waals surface area contributed by atoms with Crippen molar-refractivity contribution >= 4 is 35.7 Å². The van der Waals surface area contributed by atoms with Crippen LogP contribution in [0.15, 0.2) is 28.2 Å². The van der Waals surface area contributed by atoms with Gasteiger partial charge in [0, 0.05) is 36.1 Å². The largest absolute Gasteiger partial charge is 0.465 e. The predicted octanol–water partition coefficient (Wildman–Crippen LogP) is 12.4. The molecule has 1 rings (SSSR count). The van der Waals surface area contributed by atoms with E-state index in [1.165, 1.54) is 89.9 Å². The van der Waals surface area contributed by atoms with Gasteiger partial charge in [-0.1, -0.05) is 150 Å².